The summed E-state index contributed by atoms with van der Waals surface area (Å²) in [6.07, 6.45) is 4.92. The van der Waals surface area contributed by atoms with Gasteiger partial charge in [-0.25, -0.2) is 4.39 Å². The van der Waals surface area contributed by atoms with Crippen molar-refractivity contribution in [2.75, 3.05) is 12.4 Å². The van der Waals surface area contributed by atoms with E-state index in [4.69, 9.17) is 5.26 Å². The van der Waals surface area contributed by atoms with Gasteiger partial charge >= 0.3 is 0 Å². The highest BCUT2D eigenvalue weighted by Crippen LogP contribution is 2.41. The van der Waals surface area contributed by atoms with Gasteiger partial charge in [-0.05, 0) is 61.2 Å². The van der Waals surface area contributed by atoms with Crippen molar-refractivity contribution < 1.29 is 9.18 Å². The number of nitriles is 1. The largest absolute Gasteiger partial charge is 0.326 e. The van der Waals surface area contributed by atoms with Crippen LogP contribution in [0.5, 0.6) is 0 Å². The number of benzene rings is 2. The molecule has 2 N–H and O–H groups in total. The summed E-state index contributed by atoms with van der Waals surface area (Å²) < 4.78 is 14.0. The second-order valence-corrected chi connectivity index (χ2v) is 6.78. The number of nitrogens with one attached hydrogen (secondary N) is 2. The highest BCUT2D eigenvalue weighted by molar-refractivity contribution is 5.72. The summed E-state index contributed by atoms with van der Waals surface area (Å²) >= 11 is 0. The highest BCUT2D eigenvalue weighted by atomic mass is 19.1. The smallest absolute Gasteiger partial charge is 0.211 e. The van der Waals surface area contributed by atoms with E-state index >= 15 is 0 Å². The Kier molecular flexibility index (Phi) is 5.34. The lowest BCUT2D eigenvalue weighted by molar-refractivity contribution is -0.105. The molecule has 134 valence electrons. The molecule has 1 saturated carbocycles. The summed E-state index contributed by atoms with van der Waals surface area (Å²) in [4.78, 5) is 10.8. The summed E-state index contributed by atoms with van der Waals surface area (Å²) in [5.74, 6) is 0.280. The molecule has 0 aliphatic heterocycles. The highest BCUT2D eigenvalue weighted by Gasteiger charge is 2.35. The Bertz CT molecular complexity index is 824. The minimum Gasteiger partial charge on any atom is -0.326 e. The number of nitrogens with zero attached hydrogens (tertiary/aromatic N) is 1. The first kappa shape index (κ1) is 18.1. The Balaban J connectivity index is 2.07. The van der Waals surface area contributed by atoms with Crippen LogP contribution in [0.2, 0.25) is 0 Å². The van der Waals surface area contributed by atoms with Crippen LogP contribution in [0.25, 0.3) is 0 Å². The molecular weight excluding hydrogens is 329 g/mol. The van der Waals surface area contributed by atoms with Crippen LogP contribution in [0.4, 0.5) is 10.1 Å². The first-order chi connectivity index (χ1) is 12.6. The van der Waals surface area contributed by atoms with Crippen LogP contribution in [-0.4, -0.2) is 13.5 Å². The molecule has 1 fully saturated rings. The van der Waals surface area contributed by atoms with E-state index in [2.05, 4.69) is 16.7 Å². The van der Waals surface area contributed by atoms with Gasteiger partial charge < -0.3 is 10.6 Å². The summed E-state index contributed by atoms with van der Waals surface area (Å²) in [5.41, 5.74) is 2.16. The molecule has 0 bridgehead atoms. The Morgan fingerprint density at radius 1 is 1.23 bits per heavy atom. The van der Waals surface area contributed by atoms with Crippen LogP contribution >= 0.6 is 0 Å². The third-order valence-corrected chi connectivity index (χ3v) is 5.23. The van der Waals surface area contributed by atoms with Gasteiger partial charge in [-0.3, -0.25) is 4.79 Å². The molecule has 26 heavy (non-hydrogen) atoms. The lowest BCUT2D eigenvalue weighted by Crippen LogP contribution is -2.41. The second kappa shape index (κ2) is 7.67. The standard InChI is InChI=1S/C21H22FN3O/c1-24-21(11-10-15-2-3-15,17-6-4-16(13-23)5-7-17)18-8-9-19(22)20(12-18)25-14-26/h4-9,12,14-15,24H,2-3,10-11H2,1H3,(H,25,26). The van der Waals surface area contributed by atoms with Crippen LogP contribution in [-0.2, 0) is 10.3 Å². The average Bonchev–Trinajstić information content (AvgIpc) is 3.50. The Hall–Kier alpha value is -2.71. The van der Waals surface area contributed by atoms with E-state index in [1.165, 1.54) is 18.9 Å². The molecular formula is C21H22FN3O. The van der Waals surface area contributed by atoms with Gasteiger partial charge in [-0.15, -0.1) is 0 Å². The first-order valence-electron chi connectivity index (χ1n) is 8.82. The number of hydrogen-bond acceptors (Lipinski definition) is 3. The monoisotopic (exact) mass is 351 g/mol. The van der Waals surface area contributed by atoms with Crippen molar-refractivity contribution in [1.29, 1.82) is 5.26 Å². The normalized spacial score (nSPS) is 15.7. The van der Waals surface area contributed by atoms with Gasteiger partial charge in [-0.1, -0.05) is 31.0 Å². The minimum absolute atomic E-state index is 0.164. The second-order valence-electron chi connectivity index (χ2n) is 6.78. The molecule has 0 aromatic heterocycles. The predicted octanol–water partition coefficient (Wildman–Crippen LogP) is 3.92. The summed E-state index contributed by atoms with van der Waals surface area (Å²) in [5, 5.41) is 14.9. The van der Waals surface area contributed by atoms with Crippen molar-refractivity contribution in [3.63, 3.8) is 0 Å². The molecule has 1 aliphatic carbocycles. The molecule has 2 aromatic rings. The lowest BCUT2D eigenvalue weighted by Gasteiger charge is -2.35. The van der Waals surface area contributed by atoms with E-state index < -0.39 is 11.4 Å². The fourth-order valence-electron chi connectivity index (χ4n) is 3.49. The van der Waals surface area contributed by atoms with Gasteiger partial charge in [0.1, 0.15) is 5.82 Å². The first-order valence-corrected chi connectivity index (χ1v) is 8.82. The third-order valence-electron chi connectivity index (χ3n) is 5.23. The molecule has 2 aromatic carbocycles. The van der Waals surface area contributed by atoms with Gasteiger partial charge in [0.15, 0.2) is 0 Å². The third kappa shape index (κ3) is 3.61. The minimum atomic E-state index is -0.510. The number of halogens is 1. The quantitative estimate of drug-likeness (QED) is 0.709. The molecule has 0 radical (unpaired) electrons. The number of anilines is 1. The Morgan fingerprint density at radius 3 is 2.50 bits per heavy atom. The van der Waals surface area contributed by atoms with Crippen LogP contribution in [0, 0.1) is 23.1 Å². The maximum Gasteiger partial charge on any atom is 0.211 e. The van der Waals surface area contributed by atoms with Crippen molar-refractivity contribution in [2.45, 2.75) is 31.2 Å². The maximum atomic E-state index is 14.0. The van der Waals surface area contributed by atoms with E-state index in [9.17, 15) is 9.18 Å². The Morgan fingerprint density at radius 2 is 1.92 bits per heavy atom. The predicted molar refractivity (Wildman–Crippen MR) is 99.0 cm³/mol. The van der Waals surface area contributed by atoms with Crippen molar-refractivity contribution in [3.8, 4) is 6.07 Å². The van der Waals surface area contributed by atoms with Crippen molar-refractivity contribution in [1.82, 2.24) is 5.32 Å². The number of carbonyl (C=O) groups is 1. The van der Waals surface area contributed by atoms with Gasteiger partial charge in [0.25, 0.3) is 0 Å². The molecule has 1 unspecified atom stereocenters. The van der Waals surface area contributed by atoms with Crippen molar-refractivity contribution in [2.24, 2.45) is 5.92 Å². The molecule has 0 heterocycles. The summed E-state index contributed by atoms with van der Waals surface area (Å²) in [7, 11) is 1.89. The fraction of sp³-hybridized carbons (Fsp3) is 0.333. The van der Waals surface area contributed by atoms with E-state index in [0.29, 0.717) is 12.0 Å². The van der Waals surface area contributed by atoms with Crippen molar-refractivity contribution >= 4 is 12.1 Å². The summed E-state index contributed by atoms with van der Waals surface area (Å²) in [6, 6.07) is 14.4. The van der Waals surface area contributed by atoms with E-state index in [0.717, 1.165) is 29.9 Å². The number of hydrogen-bond donors (Lipinski definition) is 2. The molecule has 1 aliphatic rings. The maximum absolute atomic E-state index is 14.0. The molecule has 4 nitrogen and oxygen atoms in total. The molecule has 1 amide bonds. The number of amides is 1. The molecule has 0 saturated heterocycles. The van der Waals surface area contributed by atoms with E-state index in [-0.39, 0.29) is 5.69 Å². The van der Waals surface area contributed by atoms with Crippen molar-refractivity contribution in [3.05, 3.63) is 65.0 Å². The summed E-state index contributed by atoms with van der Waals surface area (Å²) in [6.45, 7) is 0. The van der Waals surface area contributed by atoms with Crippen LogP contribution in [0.15, 0.2) is 42.5 Å². The Labute approximate surface area is 153 Å². The number of rotatable bonds is 8. The van der Waals surface area contributed by atoms with Crippen LogP contribution in [0.3, 0.4) is 0 Å². The fourth-order valence-corrected chi connectivity index (χ4v) is 3.49. The molecule has 5 heteroatoms. The number of carbonyl (C=O) groups excluding carboxylic acids is 1. The van der Waals surface area contributed by atoms with Gasteiger partial charge in [0.2, 0.25) is 6.41 Å². The zero-order chi connectivity index (χ0) is 18.6. The van der Waals surface area contributed by atoms with Crippen LogP contribution in [0.1, 0.15) is 42.4 Å². The zero-order valence-electron chi connectivity index (χ0n) is 14.8. The van der Waals surface area contributed by atoms with Gasteiger partial charge in [0, 0.05) is 0 Å². The zero-order valence-corrected chi connectivity index (χ0v) is 14.8. The van der Waals surface area contributed by atoms with E-state index in [1.54, 1.807) is 24.3 Å². The SMILES string of the molecule is CNC(CCC1CC1)(c1ccc(C#N)cc1)c1ccc(F)c(NC=O)c1. The lowest BCUT2D eigenvalue weighted by atomic mass is 9.78. The van der Waals surface area contributed by atoms with E-state index in [1.807, 2.05) is 19.2 Å². The molecule has 0 spiro atoms. The average molecular weight is 351 g/mol. The molecule has 1 atom stereocenters. The van der Waals surface area contributed by atoms with Gasteiger partial charge in [0.05, 0.1) is 22.9 Å². The van der Waals surface area contributed by atoms with Crippen LogP contribution < -0.4 is 10.6 Å². The molecule has 3 rings (SSSR count). The topological polar surface area (TPSA) is 64.9 Å². The van der Waals surface area contributed by atoms with Gasteiger partial charge in [-0.2, -0.15) is 5.26 Å².